The van der Waals surface area contributed by atoms with Crippen LogP contribution in [0.1, 0.15) is 11.1 Å². The summed E-state index contributed by atoms with van der Waals surface area (Å²) in [5.74, 6) is 5.87. The Balaban J connectivity index is 2.54. The summed E-state index contributed by atoms with van der Waals surface area (Å²) in [6.45, 7) is 2.87. The van der Waals surface area contributed by atoms with E-state index in [1.54, 1.807) is 0 Å². The molecule has 0 aliphatic heterocycles. The highest BCUT2D eigenvalue weighted by Crippen LogP contribution is 2.14. The standard InChI is InChI=1S/C14H19N3O/c1-10-4-5-13-12(8-10)9-11(6-7-16(2)3)14(18)17(13)15/h4-5,8-9H,6-7,15H2,1-3H3. The average molecular weight is 245 g/mol. The van der Waals surface area contributed by atoms with Crippen molar-refractivity contribution >= 4 is 10.9 Å². The molecule has 1 aromatic heterocycles. The molecule has 1 heterocycles. The first-order valence-corrected chi connectivity index (χ1v) is 6.04. The normalized spacial score (nSPS) is 11.3. The van der Waals surface area contributed by atoms with E-state index in [1.807, 2.05) is 39.2 Å². The van der Waals surface area contributed by atoms with Crippen molar-refractivity contribution in [1.29, 1.82) is 0 Å². The number of nitrogens with zero attached hydrogens (tertiary/aromatic N) is 2. The zero-order chi connectivity index (χ0) is 13.3. The third-order valence-electron chi connectivity index (χ3n) is 3.09. The lowest BCUT2D eigenvalue weighted by atomic mass is 10.1. The van der Waals surface area contributed by atoms with E-state index < -0.39 is 0 Å². The Kier molecular flexibility index (Phi) is 3.39. The van der Waals surface area contributed by atoms with Crippen LogP contribution < -0.4 is 11.4 Å². The van der Waals surface area contributed by atoms with Crippen LogP contribution >= 0.6 is 0 Å². The van der Waals surface area contributed by atoms with Crippen molar-refractivity contribution in [2.24, 2.45) is 0 Å². The van der Waals surface area contributed by atoms with Crippen LogP contribution in [0.3, 0.4) is 0 Å². The second-order valence-electron chi connectivity index (χ2n) is 4.96. The first-order chi connectivity index (χ1) is 8.49. The van der Waals surface area contributed by atoms with Gasteiger partial charge in [0.15, 0.2) is 0 Å². The molecule has 0 radical (unpaired) electrons. The van der Waals surface area contributed by atoms with E-state index in [4.69, 9.17) is 5.84 Å². The van der Waals surface area contributed by atoms with Gasteiger partial charge in [-0.3, -0.25) is 4.79 Å². The van der Waals surface area contributed by atoms with Gasteiger partial charge in [0.05, 0.1) is 5.52 Å². The molecule has 0 saturated carbocycles. The van der Waals surface area contributed by atoms with Gasteiger partial charge in [-0.2, -0.15) is 0 Å². The molecule has 4 nitrogen and oxygen atoms in total. The number of aromatic nitrogens is 1. The molecule has 0 bridgehead atoms. The van der Waals surface area contributed by atoms with Gasteiger partial charge in [0.2, 0.25) is 0 Å². The van der Waals surface area contributed by atoms with Crippen molar-refractivity contribution in [3.8, 4) is 0 Å². The molecule has 0 aliphatic carbocycles. The molecule has 0 saturated heterocycles. The van der Waals surface area contributed by atoms with Crippen LogP contribution in [-0.2, 0) is 6.42 Å². The fourth-order valence-corrected chi connectivity index (χ4v) is 2.05. The van der Waals surface area contributed by atoms with Crippen LogP contribution in [0.2, 0.25) is 0 Å². The molecule has 0 aliphatic rings. The highest BCUT2D eigenvalue weighted by Gasteiger charge is 2.07. The zero-order valence-electron chi connectivity index (χ0n) is 11.1. The summed E-state index contributed by atoms with van der Waals surface area (Å²) in [5, 5.41) is 1.02. The summed E-state index contributed by atoms with van der Waals surface area (Å²) in [6, 6.07) is 7.86. The summed E-state index contributed by atoms with van der Waals surface area (Å²) in [7, 11) is 3.98. The van der Waals surface area contributed by atoms with Crippen molar-refractivity contribution in [2.75, 3.05) is 26.5 Å². The van der Waals surface area contributed by atoms with E-state index in [-0.39, 0.29) is 5.56 Å². The van der Waals surface area contributed by atoms with E-state index in [0.29, 0.717) is 6.42 Å². The Labute approximate surface area is 107 Å². The number of rotatable bonds is 3. The molecular formula is C14H19N3O. The number of hydrogen-bond acceptors (Lipinski definition) is 3. The van der Waals surface area contributed by atoms with E-state index >= 15 is 0 Å². The van der Waals surface area contributed by atoms with Crippen LogP contribution in [0.15, 0.2) is 29.1 Å². The predicted molar refractivity (Wildman–Crippen MR) is 75.4 cm³/mol. The molecular weight excluding hydrogens is 226 g/mol. The smallest absolute Gasteiger partial charge is 0.272 e. The molecule has 2 rings (SSSR count). The van der Waals surface area contributed by atoms with E-state index in [1.165, 1.54) is 10.2 Å². The quantitative estimate of drug-likeness (QED) is 0.825. The molecule has 0 atom stereocenters. The van der Waals surface area contributed by atoms with Crippen molar-refractivity contribution in [2.45, 2.75) is 13.3 Å². The molecule has 4 heteroatoms. The van der Waals surface area contributed by atoms with E-state index in [0.717, 1.165) is 23.0 Å². The summed E-state index contributed by atoms with van der Waals surface area (Å²) < 4.78 is 1.25. The Morgan fingerprint density at radius 3 is 2.67 bits per heavy atom. The van der Waals surface area contributed by atoms with Gasteiger partial charge in [0, 0.05) is 17.5 Å². The number of aryl methyl sites for hydroxylation is 1. The lowest BCUT2D eigenvalue weighted by Crippen LogP contribution is -2.31. The highest BCUT2D eigenvalue weighted by molar-refractivity contribution is 5.80. The number of likely N-dealkylation sites (N-methyl/N-ethyl adjacent to an activating group) is 1. The van der Waals surface area contributed by atoms with Crippen LogP contribution in [-0.4, -0.2) is 30.2 Å². The minimum absolute atomic E-state index is 0.104. The zero-order valence-corrected chi connectivity index (χ0v) is 11.1. The number of nitrogens with two attached hydrogens (primary N) is 1. The first kappa shape index (κ1) is 12.6. The van der Waals surface area contributed by atoms with Gasteiger partial charge in [0.1, 0.15) is 0 Å². The minimum atomic E-state index is -0.104. The van der Waals surface area contributed by atoms with Crippen LogP contribution in [0.5, 0.6) is 0 Å². The summed E-state index contributed by atoms with van der Waals surface area (Å²) in [5.41, 5.74) is 2.61. The third kappa shape index (κ3) is 2.38. The van der Waals surface area contributed by atoms with Crippen LogP contribution in [0, 0.1) is 6.92 Å². The second-order valence-corrected chi connectivity index (χ2v) is 4.96. The van der Waals surface area contributed by atoms with Gasteiger partial charge in [0.25, 0.3) is 5.56 Å². The topological polar surface area (TPSA) is 51.3 Å². The number of hydrogen-bond donors (Lipinski definition) is 1. The Morgan fingerprint density at radius 2 is 2.00 bits per heavy atom. The fourth-order valence-electron chi connectivity index (χ4n) is 2.05. The van der Waals surface area contributed by atoms with Gasteiger partial charge >= 0.3 is 0 Å². The molecule has 0 amide bonds. The summed E-state index contributed by atoms with van der Waals surface area (Å²) in [6.07, 6.45) is 0.715. The van der Waals surface area contributed by atoms with Crippen molar-refractivity contribution < 1.29 is 0 Å². The Bertz CT molecular complexity index is 629. The first-order valence-electron chi connectivity index (χ1n) is 6.04. The summed E-state index contributed by atoms with van der Waals surface area (Å²) >= 11 is 0. The van der Waals surface area contributed by atoms with Crippen LogP contribution in [0.4, 0.5) is 0 Å². The average Bonchev–Trinajstić information content (AvgIpc) is 2.31. The van der Waals surface area contributed by atoms with Gasteiger partial charge in [-0.25, -0.2) is 4.68 Å². The lowest BCUT2D eigenvalue weighted by molar-refractivity contribution is 0.413. The minimum Gasteiger partial charge on any atom is -0.336 e. The van der Waals surface area contributed by atoms with E-state index in [9.17, 15) is 4.79 Å². The van der Waals surface area contributed by atoms with Gasteiger partial charge in [-0.15, -0.1) is 0 Å². The lowest BCUT2D eigenvalue weighted by Gasteiger charge is -2.11. The van der Waals surface area contributed by atoms with Crippen molar-refractivity contribution in [3.63, 3.8) is 0 Å². The predicted octanol–water partition coefficient (Wildman–Crippen LogP) is 1.13. The molecule has 0 unspecified atom stereocenters. The monoisotopic (exact) mass is 245 g/mol. The Morgan fingerprint density at radius 1 is 1.28 bits per heavy atom. The molecule has 1 aromatic carbocycles. The maximum Gasteiger partial charge on any atom is 0.272 e. The van der Waals surface area contributed by atoms with E-state index in [2.05, 4.69) is 11.0 Å². The number of fused-ring (bicyclic) bond motifs is 1. The van der Waals surface area contributed by atoms with Gasteiger partial charge < -0.3 is 10.7 Å². The second kappa shape index (κ2) is 4.82. The fraction of sp³-hybridized carbons (Fsp3) is 0.357. The Hall–Kier alpha value is -1.81. The van der Waals surface area contributed by atoms with Crippen molar-refractivity contribution in [3.05, 3.63) is 45.7 Å². The molecule has 0 fully saturated rings. The molecule has 96 valence electrons. The summed E-state index contributed by atoms with van der Waals surface area (Å²) in [4.78, 5) is 14.2. The number of nitrogen functional groups attached to an aromatic ring is 1. The number of pyridine rings is 1. The molecule has 2 aromatic rings. The molecule has 0 spiro atoms. The maximum atomic E-state index is 12.1. The molecule has 18 heavy (non-hydrogen) atoms. The largest absolute Gasteiger partial charge is 0.336 e. The maximum absolute atomic E-state index is 12.1. The van der Waals surface area contributed by atoms with Crippen molar-refractivity contribution in [1.82, 2.24) is 9.58 Å². The van der Waals surface area contributed by atoms with Crippen LogP contribution in [0.25, 0.3) is 10.9 Å². The highest BCUT2D eigenvalue weighted by atomic mass is 16.1. The van der Waals surface area contributed by atoms with Gasteiger partial charge in [-0.1, -0.05) is 11.6 Å². The molecule has 2 N–H and O–H groups in total. The number of benzene rings is 1. The third-order valence-corrected chi connectivity index (χ3v) is 3.09. The van der Waals surface area contributed by atoms with Gasteiger partial charge in [-0.05, 0) is 45.6 Å². The SMILES string of the molecule is Cc1ccc2c(c1)cc(CCN(C)C)c(=O)n2N.